The van der Waals surface area contributed by atoms with Crippen LogP contribution in [0.3, 0.4) is 0 Å². The van der Waals surface area contributed by atoms with Gasteiger partial charge in [-0.1, -0.05) is 23.8 Å². The predicted octanol–water partition coefficient (Wildman–Crippen LogP) is 3.18. The first kappa shape index (κ1) is 14.6. The number of para-hydroxylation sites is 1. The molecular weight excluding hydrogens is 276 g/mol. The summed E-state index contributed by atoms with van der Waals surface area (Å²) in [5.74, 6) is 0.692. The molecule has 0 saturated carbocycles. The van der Waals surface area contributed by atoms with Crippen molar-refractivity contribution in [1.82, 2.24) is 9.88 Å². The van der Waals surface area contributed by atoms with Gasteiger partial charge in [0.15, 0.2) is 0 Å². The molecule has 1 amide bonds. The van der Waals surface area contributed by atoms with Crippen LogP contribution < -0.4 is 4.74 Å². The lowest BCUT2D eigenvalue weighted by atomic mass is 10.2. The molecule has 4 nitrogen and oxygen atoms in total. The molecule has 22 heavy (non-hydrogen) atoms. The van der Waals surface area contributed by atoms with Crippen molar-refractivity contribution in [1.29, 1.82) is 0 Å². The fourth-order valence-electron chi connectivity index (χ4n) is 2.65. The van der Waals surface area contributed by atoms with Crippen LogP contribution >= 0.6 is 0 Å². The monoisotopic (exact) mass is 296 g/mol. The first-order valence-electron chi connectivity index (χ1n) is 7.58. The van der Waals surface area contributed by atoms with Crippen LogP contribution in [-0.2, 0) is 4.79 Å². The standard InChI is InChI=1S/C18H20N2O2/c1-13(2)11-18(21)20-10-9-15(12-20)22-17-8-7-14-5-3-4-6-16(14)19-17/h3-8,11,15H,9-10,12H2,1-2H3. The van der Waals surface area contributed by atoms with E-state index in [9.17, 15) is 4.79 Å². The number of aromatic nitrogens is 1. The molecule has 0 radical (unpaired) electrons. The van der Waals surface area contributed by atoms with Crippen molar-refractivity contribution in [3.63, 3.8) is 0 Å². The summed E-state index contributed by atoms with van der Waals surface area (Å²) in [5.41, 5.74) is 1.95. The highest BCUT2D eigenvalue weighted by atomic mass is 16.5. The smallest absolute Gasteiger partial charge is 0.246 e. The summed E-state index contributed by atoms with van der Waals surface area (Å²) < 4.78 is 5.94. The summed E-state index contributed by atoms with van der Waals surface area (Å²) in [5, 5.41) is 1.10. The second-order valence-electron chi connectivity index (χ2n) is 5.88. The molecule has 1 aliphatic rings. The first-order valence-corrected chi connectivity index (χ1v) is 7.58. The molecule has 1 aromatic carbocycles. The predicted molar refractivity (Wildman–Crippen MR) is 86.8 cm³/mol. The third kappa shape index (κ3) is 3.27. The number of carbonyl (C=O) groups excluding carboxylic acids is 1. The molecular formula is C18H20N2O2. The lowest BCUT2D eigenvalue weighted by molar-refractivity contribution is -0.125. The molecule has 0 aliphatic carbocycles. The Kier molecular flexibility index (Phi) is 4.09. The average molecular weight is 296 g/mol. The number of benzene rings is 1. The normalized spacial score (nSPS) is 17.5. The number of likely N-dealkylation sites (tertiary alicyclic amines) is 1. The van der Waals surface area contributed by atoms with Crippen LogP contribution in [0.25, 0.3) is 10.9 Å². The van der Waals surface area contributed by atoms with E-state index in [-0.39, 0.29) is 12.0 Å². The number of carbonyl (C=O) groups is 1. The van der Waals surface area contributed by atoms with E-state index in [0.717, 1.165) is 29.4 Å². The molecule has 1 fully saturated rings. The number of allylic oxidation sites excluding steroid dienone is 1. The van der Waals surface area contributed by atoms with Gasteiger partial charge in [0.1, 0.15) is 6.10 Å². The Bertz CT molecular complexity index is 720. The van der Waals surface area contributed by atoms with Gasteiger partial charge in [0.2, 0.25) is 11.8 Å². The van der Waals surface area contributed by atoms with Crippen LogP contribution in [0, 0.1) is 0 Å². The quantitative estimate of drug-likeness (QED) is 0.817. The average Bonchev–Trinajstić information content (AvgIpc) is 2.95. The molecule has 2 aromatic rings. The summed E-state index contributed by atoms with van der Waals surface area (Å²) in [6, 6.07) is 11.9. The Morgan fingerprint density at radius 2 is 2.09 bits per heavy atom. The van der Waals surface area contributed by atoms with Gasteiger partial charge in [0.25, 0.3) is 0 Å². The lowest BCUT2D eigenvalue weighted by Crippen LogP contribution is -2.29. The van der Waals surface area contributed by atoms with Crippen LogP contribution in [0.15, 0.2) is 48.0 Å². The zero-order chi connectivity index (χ0) is 15.5. The molecule has 3 rings (SSSR count). The molecule has 0 bridgehead atoms. The maximum Gasteiger partial charge on any atom is 0.246 e. The van der Waals surface area contributed by atoms with E-state index in [1.54, 1.807) is 6.08 Å². The Hall–Kier alpha value is -2.36. The van der Waals surface area contributed by atoms with Crippen LogP contribution in [-0.4, -0.2) is 35.0 Å². The minimum Gasteiger partial charge on any atom is -0.472 e. The Balaban J connectivity index is 1.66. The van der Waals surface area contributed by atoms with Gasteiger partial charge >= 0.3 is 0 Å². The maximum absolute atomic E-state index is 12.0. The topological polar surface area (TPSA) is 42.4 Å². The number of amides is 1. The zero-order valence-corrected chi connectivity index (χ0v) is 13.0. The van der Waals surface area contributed by atoms with Gasteiger partial charge < -0.3 is 9.64 Å². The summed E-state index contributed by atoms with van der Waals surface area (Å²) in [4.78, 5) is 18.4. The third-order valence-electron chi connectivity index (χ3n) is 3.73. The molecule has 2 heterocycles. The SMILES string of the molecule is CC(C)=CC(=O)N1CCC(Oc2ccc3ccccc3n2)C1. The molecule has 1 saturated heterocycles. The van der Waals surface area contributed by atoms with Crippen LogP contribution in [0.2, 0.25) is 0 Å². The number of fused-ring (bicyclic) bond motifs is 1. The largest absolute Gasteiger partial charge is 0.472 e. The van der Waals surface area contributed by atoms with E-state index in [1.807, 2.05) is 55.1 Å². The number of hydrogen-bond donors (Lipinski definition) is 0. The second kappa shape index (κ2) is 6.18. The molecule has 1 aliphatic heterocycles. The Labute approximate surface area is 130 Å². The molecule has 1 atom stereocenters. The van der Waals surface area contributed by atoms with Crippen molar-refractivity contribution in [3.05, 3.63) is 48.0 Å². The second-order valence-corrected chi connectivity index (χ2v) is 5.88. The lowest BCUT2D eigenvalue weighted by Gasteiger charge is -2.15. The summed E-state index contributed by atoms with van der Waals surface area (Å²) >= 11 is 0. The van der Waals surface area contributed by atoms with Crippen molar-refractivity contribution < 1.29 is 9.53 Å². The van der Waals surface area contributed by atoms with Crippen molar-refractivity contribution >= 4 is 16.8 Å². The molecule has 1 aromatic heterocycles. The minimum absolute atomic E-state index is 0.0168. The summed E-state index contributed by atoms with van der Waals surface area (Å²) in [6.45, 7) is 5.22. The van der Waals surface area contributed by atoms with Gasteiger partial charge in [-0.25, -0.2) is 4.98 Å². The fourth-order valence-corrected chi connectivity index (χ4v) is 2.65. The van der Waals surface area contributed by atoms with E-state index in [1.165, 1.54) is 0 Å². The van der Waals surface area contributed by atoms with Gasteiger partial charge in [-0.2, -0.15) is 0 Å². The third-order valence-corrected chi connectivity index (χ3v) is 3.73. The van der Waals surface area contributed by atoms with Crippen LogP contribution in [0.1, 0.15) is 20.3 Å². The van der Waals surface area contributed by atoms with Crippen LogP contribution in [0.4, 0.5) is 0 Å². The molecule has 114 valence electrons. The summed E-state index contributed by atoms with van der Waals surface area (Å²) in [7, 11) is 0. The Morgan fingerprint density at radius 1 is 1.27 bits per heavy atom. The number of rotatable bonds is 3. The van der Waals surface area contributed by atoms with Crippen molar-refractivity contribution in [2.75, 3.05) is 13.1 Å². The first-order chi connectivity index (χ1) is 10.6. The number of ether oxygens (including phenoxy) is 1. The Morgan fingerprint density at radius 3 is 2.91 bits per heavy atom. The minimum atomic E-state index is 0.0168. The highest BCUT2D eigenvalue weighted by Crippen LogP contribution is 2.20. The highest BCUT2D eigenvalue weighted by Gasteiger charge is 2.26. The van der Waals surface area contributed by atoms with Crippen LogP contribution in [0.5, 0.6) is 5.88 Å². The van der Waals surface area contributed by atoms with Gasteiger partial charge in [-0.3, -0.25) is 4.79 Å². The van der Waals surface area contributed by atoms with Gasteiger partial charge in [0, 0.05) is 30.5 Å². The number of nitrogens with zero attached hydrogens (tertiary/aromatic N) is 2. The molecule has 4 heteroatoms. The highest BCUT2D eigenvalue weighted by molar-refractivity contribution is 5.88. The molecule has 0 N–H and O–H groups in total. The van der Waals surface area contributed by atoms with E-state index >= 15 is 0 Å². The van der Waals surface area contributed by atoms with E-state index in [2.05, 4.69) is 4.98 Å². The molecule has 1 unspecified atom stereocenters. The van der Waals surface area contributed by atoms with Gasteiger partial charge in [-0.15, -0.1) is 0 Å². The van der Waals surface area contributed by atoms with Gasteiger partial charge in [-0.05, 0) is 26.0 Å². The fraction of sp³-hybridized carbons (Fsp3) is 0.333. The maximum atomic E-state index is 12.0. The number of pyridine rings is 1. The van der Waals surface area contributed by atoms with Crippen molar-refractivity contribution in [2.45, 2.75) is 26.4 Å². The van der Waals surface area contributed by atoms with E-state index < -0.39 is 0 Å². The van der Waals surface area contributed by atoms with E-state index in [4.69, 9.17) is 4.74 Å². The van der Waals surface area contributed by atoms with Gasteiger partial charge in [0.05, 0.1) is 12.1 Å². The number of hydrogen-bond acceptors (Lipinski definition) is 3. The van der Waals surface area contributed by atoms with E-state index in [0.29, 0.717) is 12.4 Å². The van der Waals surface area contributed by atoms with Crippen molar-refractivity contribution in [2.24, 2.45) is 0 Å². The van der Waals surface area contributed by atoms with Crippen molar-refractivity contribution in [3.8, 4) is 5.88 Å². The zero-order valence-electron chi connectivity index (χ0n) is 13.0. The summed E-state index contributed by atoms with van der Waals surface area (Å²) in [6.07, 6.45) is 2.54. The molecule has 0 spiro atoms.